The highest BCUT2D eigenvalue weighted by Gasteiger charge is 2.10. The summed E-state index contributed by atoms with van der Waals surface area (Å²) in [4.78, 5) is 11.6. The molecule has 2 N–H and O–H groups in total. The summed E-state index contributed by atoms with van der Waals surface area (Å²) in [6, 6.07) is 3.72. The minimum atomic E-state index is -0.0906. The van der Waals surface area contributed by atoms with Gasteiger partial charge < -0.3 is 10.4 Å². The van der Waals surface area contributed by atoms with Crippen molar-refractivity contribution in [2.75, 3.05) is 23.4 Å². The maximum absolute atomic E-state index is 11.6. The van der Waals surface area contributed by atoms with E-state index in [1.54, 1.807) is 0 Å². The zero-order chi connectivity index (χ0) is 12.8. The summed E-state index contributed by atoms with van der Waals surface area (Å²) in [5.74, 6) is 0.804. The van der Waals surface area contributed by atoms with Gasteiger partial charge in [-0.25, -0.2) is 0 Å². The van der Waals surface area contributed by atoms with Crippen LogP contribution in [0.1, 0.15) is 0 Å². The van der Waals surface area contributed by atoms with Crippen LogP contribution in [-0.2, 0) is 4.79 Å². The van der Waals surface area contributed by atoms with Gasteiger partial charge in [-0.15, -0.1) is 11.8 Å². The Morgan fingerprint density at radius 2 is 1.88 bits per heavy atom. The van der Waals surface area contributed by atoms with Gasteiger partial charge in [-0.2, -0.15) is 0 Å². The predicted octanol–water partition coefficient (Wildman–Crippen LogP) is 3.64. The number of carbonyl (C=O) groups is 1. The third-order valence-corrected chi connectivity index (χ3v) is 4.39. The lowest BCUT2D eigenvalue weighted by Gasteiger charge is -2.10. The zero-order valence-corrected chi connectivity index (χ0v) is 14.2. The van der Waals surface area contributed by atoms with Crippen LogP contribution in [0.5, 0.6) is 0 Å². The third-order valence-electron chi connectivity index (χ3n) is 1.74. The van der Waals surface area contributed by atoms with Crippen LogP contribution in [0, 0.1) is 0 Å². The third kappa shape index (κ3) is 5.30. The van der Waals surface area contributed by atoms with E-state index in [0.717, 1.165) is 13.4 Å². The Kier molecular flexibility index (Phi) is 7.10. The molecule has 0 saturated carbocycles. The summed E-state index contributed by atoms with van der Waals surface area (Å²) < 4.78 is 2.53. The SMILES string of the molecule is O=C(CSCCO)Nc1c(Br)cc(Br)cc1Br. The molecule has 1 aromatic carbocycles. The smallest absolute Gasteiger partial charge is 0.234 e. The summed E-state index contributed by atoms with van der Waals surface area (Å²) in [5.41, 5.74) is 0.711. The van der Waals surface area contributed by atoms with Gasteiger partial charge in [0.1, 0.15) is 0 Å². The van der Waals surface area contributed by atoms with Crippen molar-refractivity contribution in [1.82, 2.24) is 0 Å². The van der Waals surface area contributed by atoms with Crippen LogP contribution in [0.2, 0.25) is 0 Å². The molecule has 0 atom stereocenters. The van der Waals surface area contributed by atoms with Crippen molar-refractivity contribution in [3.63, 3.8) is 0 Å². The Bertz CT molecular complexity index is 392. The number of hydrogen-bond donors (Lipinski definition) is 2. The molecule has 1 rings (SSSR count). The number of halogens is 3. The highest BCUT2D eigenvalue weighted by atomic mass is 79.9. The molecule has 0 spiro atoms. The standard InChI is InChI=1S/C10H10Br3NO2S/c11-6-3-7(12)10(8(13)4-6)14-9(16)5-17-2-1-15/h3-4,15H,1-2,5H2,(H,14,16). The fourth-order valence-electron chi connectivity index (χ4n) is 1.07. The number of thioether (sulfide) groups is 1. The fraction of sp³-hybridized carbons (Fsp3) is 0.300. The van der Waals surface area contributed by atoms with Crippen LogP contribution in [0.25, 0.3) is 0 Å². The van der Waals surface area contributed by atoms with Crippen molar-refractivity contribution in [1.29, 1.82) is 0 Å². The molecule has 0 heterocycles. The maximum atomic E-state index is 11.6. The Morgan fingerprint density at radius 1 is 1.29 bits per heavy atom. The summed E-state index contributed by atoms with van der Waals surface area (Å²) in [5, 5.41) is 11.4. The van der Waals surface area contributed by atoms with Gasteiger partial charge in [0.15, 0.2) is 0 Å². The van der Waals surface area contributed by atoms with Gasteiger partial charge >= 0.3 is 0 Å². The first kappa shape index (κ1) is 15.5. The average Bonchev–Trinajstić information content (AvgIpc) is 2.24. The Balaban J connectivity index is 2.65. The van der Waals surface area contributed by atoms with Gasteiger partial charge in [-0.3, -0.25) is 4.79 Å². The lowest BCUT2D eigenvalue weighted by atomic mass is 10.3. The molecule has 0 aliphatic heterocycles. The quantitative estimate of drug-likeness (QED) is 0.677. The number of benzene rings is 1. The number of carbonyl (C=O) groups excluding carboxylic acids is 1. The Morgan fingerprint density at radius 3 is 2.41 bits per heavy atom. The highest BCUT2D eigenvalue weighted by Crippen LogP contribution is 2.34. The van der Waals surface area contributed by atoms with Crippen molar-refractivity contribution in [2.45, 2.75) is 0 Å². The molecule has 0 bridgehead atoms. The summed E-state index contributed by atoms with van der Waals surface area (Å²) >= 11 is 11.5. The largest absolute Gasteiger partial charge is 0.396 e. The van der Waals surface area contributed by atoms with Gasteiger partial charge in [0.2, 0.25) is 5.91 Å². The average molecular weight is 448 g/mol. The molecule has 0 aliphatic carbocycles. The monoisotopic (exact) mass is 445 g/mol. The van der Waals surface area contributed by atoms with Gasteiger partial charge in [-0.05, 0) is 44.0 Å². The molecule has 7 heteroatoms. The molecule has 0 aromatic heterocycles. The van der Waals surface area contributed by atoms with Crippen LogP contribution in [0.4, 0.5) is 5.69 Å². The molecule has 0 radical (unpaired) electrons. The predicted molar refractivity (Wildman–Crippen MR) is 82.6 cm³/mol. The van der Waals surface area contributed by atoms with E-state index in [1.807, 2.05) is 12.1 Å². The number of aliphatic hydroxyl groups excluding tert-OH is 1. The second-order valence-corrected chi connectivity index (χ2v) is 6.80. The summed E-state index contributed by atoms with van der Waals surface area (Å²) in [7, 11) is 0. The van der Waals surface area contributed by atoms with Crippen molar-refractivity contribution >= 4 is 71.1 Å². The van der Waals surface area contributed by atoms with Gasteiger partial charge in [0.25, 0.3) is 0 Å². The molecule has 0 aliphatic rings. The molecule has 1 aromatic rings. The fourth-order valence-corrected chi connectivity index (χ4v) is 4.05. The van der Waals surface area contributed by atoms with Crippen LogP contribution in [-0.4, -0.2) is 29.1 Å². The van der Waals surface area contributed by atoms with E-state index in [2.05, 4.69) is 53.1 Å². The van der Waals surface area contributed by atoms with Crippen molar-refractivity contribution < 1.29 is 9.90 Å². The van der Waals surface area contributed by atoms with E-state index in [-0.39, 0.29) is 12.5 Å². The number of hydrogen-bond acceptors (Lipinski definition) is 3. The number of amides is 1. The van der Waals surface area contributed by atoms with E-state index in [1.165, 1.54) is 11.8 Å². The van der Waals surface area contributed by atoms with Gasteiger partial charge in [0, 0.05) is 19.2 Å². The topological polar surface area (TPSA) is 49.3 Å². The van der Waals surface area contributed by atoms with Crippen LogP contribution in [0.3, 0.4) is 0 Å². The van der Waals surface area contributed by atoms with Crippen molar-refractivity contribution in [3.05, 3.63) is 25.6 Å². The van der Waals surface area contributed by atoms with E-state index in [4.69, 9.17) is 5.11 Å². The van der Waals surface area contributed by atoms with E-state index in [0.29, 0.717) is 17.2 Å². The molecule has 17 heavy (non-hydrogen) atoms. The lowest BCUT2D eigenvalue weighted by Crippen LogP contribution is -2.15. The number of nitrogens with one attached hydrogen (secondary N) is 1. The Hall–Kier alpha value is 0.440. The molecule has 0 unspecified atom stereocenters. The molecule has 0 fully saturated rings. The molecule has 3 nitrogen and oxygen atoms in total. The van der Waals surface area contributed by atoms with Crippen LogP contribution >= 0.6 is 59.6 Å². The zero-order valence-electron chi connectivity index (χ0n) is 8.67. The lowest BCUT2D eigenvalue weighted by molar-refractivity contribution is -0.113. The second kappa shape index (κ2) is 7.78. The summed E-state index contributed by atoms with van der Waals surface area (Å²) in [6.45, 7) is 0.0869. The first-order chi connectivity index (χ1) is 8.04. The minimum Gasteiger partial charge on any atom is -0.396 e. The molecule has 1 amide bonds. The van der Waals surface area contributed by atoms with Crippen molar-refractivity contribution in [3.8, 4) is 0 Å². The van der Waals surface area contributed by atoms with Crippen LogP contribution in [0.15, 0.2) is 25.6 Å². The molecule has 94 valence electrons. The van der Waals surface area contributed by atoms with E-state index < -0.39 is 0 Å². The van der Waals surface area contributed by atoms with Gasteiger partial charge in [-0.1, -0.05) is 15.9 Å². The van der Waals surface area contributed by atoms with E-state index >= 15 is 0 Å². The molecular weight excluding hydrogens is 438 g/mol. The van der Waals surface area contributed by atoms with Gasteiger partial charge in [0.05, 0.1) is 18.0 Å². The second-order valence-electron chi connectivity index (χ2n) is 3.07. The molecule has 0 saturated heterocycles. The number of anilines is 1. The molecular formula is C10H10Br3NO2S. The highest BCUT2D eigenvalue weighted by molar-refractivity contribution is 9.11. The summed E-state index contributed by atoms with van der Waals surface area (Å²) in [6.07, 6.45) is 0. The first-order valence-electron chi connectivity index (χ1n) is 4.67. The van der Waals surface area contributed by atoms with Crippen LogP contribution < -0.4 is 5.32 Å². The number of rotatable bonds is 5. The first-order valence-corrected chi connectivity index (χ1v) is 8.21. The van der Waals surface area contributed by atoms with E-state index in [9.17, 15) is 4.79 Å². The Labute approximate surface area is 129 Å². The van der Waals surface area contributed by atoms with Crippen molar-refractivity contribution in [2.24, 2.45) is 0 Å². The maximum Gasteiger partial charge on any atom is 0.234 e. The normalized spacial score (nSPS) is 10.4. The number of aliphatic hydroxyl groups is 1. The minimum absolute atomic E-state index is 0.0869.